The molecule has 0 saturated heterocycles. The molecule has 1 aliphatic rings. The fourth-order valence-electron chi connectivity index (χ4n) is 7.02. The van der Waals surface area contributed by atoms with E-state index < -0.39 is 0 Å². The Morgan fingerprint density at radius 1 is 0.581 bits per heavy atom. The predicted molar refractivity (Wildman–Crippen MR) is 189 cm³/mol. The zero-order valence-electron chi connectivity index (χ0n) is 26.0. The Morgan fingerprint density at radius 2 is 1.14 bits per heavy atom. The van der Waals surface area contributed by atoms with E-state index in [4.69, 9.17) is 4.74 Å². The van der Waals surface area contributed by atoms with Crippen LogP contribution < -0.4 is 4.74 Å². The van der Waals surface area contributed by atoms with Gasteiger partial charge in [0.1, 0.15) is 5.75 Å². The molecule has 5 aromatic rings. The molecule has 0 saturated carbocycles. The number of ether oxygens (including phenoxy) is 1. The number of hydrogen-bond donors (Lipinski definition) is 0. The lowest BCUT2D eigenvalue weighted by molar-refractivity contribution is 0.401. The van der Waals surface area contributed by atoms with Crippen LogP contribution in [0.1, 0.15) is 89.2 Å². The molecule has 2 heterocycles. The molecule has 1 aliphatic carbocycles. The van der Waals surface area contributed by atoms with Crippen molar-refractivity contribution >= 4 is 22.7 Å². The van der Waals surface area contributed by atoms with E-state index in [9.17, 15) is 0 Å². The third kappa shape index (κ3) is 6.12. The Kier molecular flexibility index (Phi) is 9.50. The summed E-state index contributed by atoms with van der Waals surface area (Å²) in [6.07, 6.45) is 12.9. The molecule has 3 heteroatoms. The third-order valence-electron chi connectivity index (χ3n) is 9.35. The van der Waals surface area contributed by atoms with Crippen LogP contribution >= 0.6 is 22.7 Å². The minimum atomic E-state index is 0.0749. The number of thiophene rings is 2. The van der Waals surface area contributed by atoms with Gasteiger partial charge in [0.25, 0.3) is 0 Å². The van der Waals surface area contributed by atoms with Gasteiger partial charge >= 0.3 is 0 Å². The highest BCUT2D eigenvalue weighted by Crippen LogP contribution is 2.56. The summed E-state index contributed by atoms with van der Waals surface area (Å²) in [4.78, 5) is 4.01. The normalized spacial score (nSPS) is 13.2. The first-order valence-electron chi connectivity index (χ1n) is 16.2. The van der Waals surface area contributed by atoms with E-state index in [0.717, 1.165) is 5.75 Å². The molecule has 0 amide bonds. The molecule has 0 atom stereocenters. The average molecular weight is 605 g/mol. The van der Waals surface area contributed by atoms with Crippen LogP contribution in [0.2, 0.25) is 0 Å². The van der Waals surface area contributed by atoms with Gasteiger partial charge in [-0.05, 0) is 112 Å². The Balaban J connectivity index is 1.43. The first-order valence-corrected chi connectivity index (χ1v) is 17.9. The van der Waals surface area contributed by atoms with E-state index in [-0.39, 0.29) is 5.41 Å². The second-order valence-electron chi connectivity index (χ2n) is 12.1. The van der Waals surface area contributed by atoms with E-state index in [2.05, 4.69) is 104 Å². The van der Waals surface area contributed by atoms with Crippen molar-refractivity contribution in [2.75, 3.05) is 7.11 Å². The lowest BCUT2D eigenvalue weighted by atomic mass is 9.70. The fraction of sp³-hybridized carbons (Fsp3) is 0.350. The maximum absolute atomic E-state index is 5.38. The minimum Gasteiger partial charge on any atom is -0.497 e. The van der Waals surface area contributed by atoms with Crippen LogP contribution in [-0.4, -0.2) is 7.11 Å². The lowest BCUT2D eigenvalue weighted by Gasteiger charge is -2.33. The van der Waals surface area contributed by atoms with Gasteiger partial charge in [-0.2, -0.15) is 0 Å². The predicted octanol–water partition coefficient (Wildman–Crippen LogP) is 13.0. The second-order valence-corrected chi connectivity index (χ2v) is 14.1. The van der Waals surface area contributed by atoms with Crippen molar-refractivity contribution in [2.45, 2.75) is 83.5 Å². The van der Waals surface area contributed by atoms with Gasteiger partial charge in [-0.25, -0.2) is 0 Å². The summed E-state index contributed by atoms with van der Waals surface area (Å²) in [5.74, 6) is 0.898. The third-order valence-corrected chi connectivity index (χ3v) is 11.4. The summed E-state index contributed by atoms with van der Waals surface area (Å²) in [6, 6.07) is 32.2. The van der Waals surface area contributed by atoms with Crippen LogP contribution in [0.5, 0.6) is 5.75 Å². The van der Waals surface area contributed by atoms with Gasteiger partial charge in [-0.15, -0.1) is 22.7 Å². The summed E-state index contributed by atoms with van der Waals surface area (Å²) in [6.45, 7) is 4.64. The van der Waals surface area contributed by atoms with Crippen molar-refractivity contribution in [1.82, 2.24) is 0 Å². The first-order chi connectivity index (χ1) is 21.2. The van der Waals surface area contributed by atoms with E-state index in [1.54, 1.807) is 18.2 Å². The van der Waals surface area contributed by atoms with Crippen LogP contribution in [0.25, 0.3) is 42.4 Å². The minimum absolute atomic E-state index is 0.0749. The SMILES string of the molecule is CCCCCCC1(CCCCCC)c2cc(-c3cccs3)ccc2-c2ccc(-c3ccc(-c4ccc(OC)cc4)s3)cc21. The first kappa shape index (κ1) is 29.9. The maximum Gasteiger partial charge on any atom is 0.118 e. The van der Waals surface area contributed by atoms with Gasteiger partial charge in [0.15, 0.2) is 0 Å². The Hall–Kier alpha value is -3.14. The molecular formula is C40H44OS2. The molecule has 3 aromatic carbocycles. The average Bonchev–Trinajstić information content (AvgIpc) is 3.81. The van der Waals surface area contributed by atoms with Crippen LogP contribution in [0, 0.1) is 0 Å². The highest BCUT2D eigenvalue weighted by atomic mass is 32.1. The van der Waals surface area contributed by atoms with Crippen LogP contribution in [0.15, 0.2) is 90.3 Å². The molecule has 0 spiro atoms. The summed E-state index contributed by atoms with van der Waals surface area (Å²) in [7, 11) is 1.72. The summed E-state index contributed by atoms with van der Waals surface area (Å²) < 4.78 is 5.38. The molecule has 6 rings (SSSR count). The zero-order valence-corrected chi connectivity index (χ0v) is 27.6. The number of methoxy groups -OCH3 is 1. The zero-order chi connectivity index (χ0) is 29.6. The quantitative estimate of drug-likeness (QED) is 0.115. The summed E-state index contributed by atoms with van der Waals surface area (Å²) >= 11 is 3.74. The van der Waals surface area contributed by atoms with Crippen molar-refractivity contribution in [3.8, 4) is 48.2 Å². The van der Waals surface area contributed by atoms with Gasteiger partial charge in [0, 0.05) is 20.0 Å². The van der Waals surface area contributed by atoms with Gasteiger partial charge in [0.2, 0.25) is 0 Å². The van der Waals surface area contributed by atoms with Crippen molar-refractivity contribution < 1.29 is 4.74 Å². The largest absolute Gasteiger partial charge is 0.497 e. The highest BCUT2D eigenvalue weighted by Gasteiger charge is 2.42. The van der Waals surface area contributed by atoms with Crippen molar-refractivity contribution in [3.63, 3.8) is 0 Å². The monoisotopic (exact) mass is 604 g/mol. The molecule has 0 aliphatic heterocycles. The van der Waals surface area contributed by atoms with E-state index >= 15 is 0 Å². The standard InChI is InChI=1S/C40H44OS2/c1-4-6-8-10-24-40(25-11-9-7-5-2)35-27-30(37-13-12-26-42-37)16-20-33(35)34-21-17-31(28-36(34)40)39-23-22-38(43-39)29-14-18-32(41-3)19-15-29/h12-23,26-28H,4-11,24-25H2,1-3H3. The summed E-state index contributed by atoms with van der Waals surface area (Å²) in [5, 5.41) is 2.20. The van der Waals surface area contributed by atoms with Gasteiger partial charge < -0.3 is 4.74 Å². The molecular weight excluding hydrogens is 561 g/mol. The van der Waals surface area contributed by atoms with Gasteiger partial charge in [-0.1, -0.05) is 95.5 Å². The van der Waals surface area contributed by atoms with Gasteiger partial charge in [0.05, 0.1) is 7.11 Å². The Labute approximate surface area is 266 Å². The molecule has 222 valence electrons. The highest BCUT2D eigenvalue weighted by molar-refractivity contribution is 7.18. The topological polar surface area (TPSA) is 9.23 Å². The van der Waals surface area contributed by atoms with E-state index in [0.29, 0.717) is 0 Å². The molecule has 1 nitrogen and oxygen atoms in total. The molecule has 0 fully saturated rings. The number of unbranched alkanes of at least 4 members (excludes halogenated alkanes) is 6. The van der Waals surface area contributed by atoms with Crippen molar-refractivity contribution in [2.24, 2.45) is 0 Å². The van der Waals surface area contributed by atoms with Crippen LogP contribution in [0.3, 0.4) is 0 Å². The van der Waals surface area contributed by atoms with E-state index in [1.165, 1.54) is 107 Å². The summed E-state index contributed by atoms with van der Waals surface area (Å²) in [5.41, 5.74) is 10.1. The molecule has 2 aromatic heterocycles. The van der Waals surface area contributed by atoms with Gasteiger partial charge in [-0.3, -0.25) is 0 Å². The van der Waals surface area contributed by atoms with Crippen molar-refractivity contribution in [1.29, 1.82) is 0 Å². The molecule has 0 N–H and O–H groups in total. The number of benzene rings is 3. The molecule has 0 radical (unpaired) electrons. The number of rotatable bonds is 14. The molecule has 43 heavy (non-hydrogen) atoms. The Bertz CT molecular complexity index is 1610. The second kappa shape index (κ2) is 13.7. The number of fused-ring (bicyclic) bond motifs is 3. The number of hydrogen-bond acceptors (Lipinski definition) is 3. The van der Waals surface area contributed by atoms with Crippen LogP contribution in [-0.2, 0) is 5.41 Å². The van der Waals surface area contributed by atoms with E-state index in [1.807, 2.05) is 22.7 Å². The lowest BCUT2D eigenvalue weighted by Crippen LogP contribution is -2.25. The Morgan fingerprint density at radius 3 is 1.67 bits per heavy atom. The smallest absolute Gasteiger partial charge is 0.118 e. The molecule has 0 unspecified atom stereocenters. The maximum atomic E-state index is 5.38. The van der Waals surface area contributed by atoms with Crippen LogP contribution in [0.4, 0.5) is 0 Å². The van der Waals surface area contributed by atoms with Crippen molar-refractivity contribution in [3.05, 3.63) is 101 Å². The fourth-order valence-corrected chi connectivity index (χ4v) is 8.75. The molecule has 0 bridgehead atoms.